The molecule has 0 aliphatic heterocycles. The molecule has 0 heterocycles. The fraction of sp³-hybridized carbons (Fsp3) is 0.312. The van der Waals surface area contributed by atoms with Crippen molar-refractivity contribution in [1.29, 1.82) is 0 Å². The fourth-order valence-corrected chi connectivity index (χ4v) is 3.82. The number of hydrogen-bond acceptors (Lipinski definition) is 1. The fourth-order valence-electron chi connectivity index (χ4n) is 2.40. The highest BCUT2D eigenvalue weighted by Gasteiger charge is 2.43. The average Bonchev–Trinajstić information content (AvgIpc) is 2.57. The lowest BCUT2D eigenvalue weighted by Gasteiger charge is -2.19. The number of hydrogen-bond donors (Lipinski definition) is 0. The molecule has 0 saturated heterocycles. The Bertz CT molecular complexity index is 893. The third-order valence-electron chi connectivity index (χ3n) is 3.78. The van der Waals surface area contributed by atoms with Crippen molar-refractivity contribution in [3.8, 4) is 0 Å². The van der Waals surface area contributed by atoms with E-state index in [4.69, 9.17) is 0 Å². The summed E-state index contributed by atoms with van der Waals surface area (Å²) in [6, 6.07) is -0.322. The van der Waals surface area contributed by atoms with Crippen LogP contribution >= 0.6 is 7.77 Å². The Kier molecular flexibility index (Phi) is 6.14. The van der Waals surface area contributed by atoms with Crippen LogP contribution in [-0.2, 0) is 12.4 Å². The van der Waals surface area contributed by atoms with E-state index < -0.39 is 71.8 Å². The van der Waals surface area contributed by atoms with Gasteiger partial charge in [0.2, 0.25) is 0 Å². The van der Waals surface area contributed by atoms with Crippen LogP contribution in [0.1, 0.15) is 17.5 Å². The van der Waals surface area contributed by atoms with Gasteiger partial charge in [-0.25, -0.2) is 0 Å². The van der Waals surface area contributed by atoms with E-state index in [1.165, 1.54) is 0 Å². The second-order valence-electron chi connectivity index (χ2n) is 5.99. The van der Waals surface area contributed by atoms with Crippen LogP contribution in [0.3, 0.4) is 0 Å². The van der Waals surface area contributed by atoms with Crippen molar-refractivity contribution in [2.75, 3.05) is 0 Å². The number of benzene rings is 1. The third kappa shape index (κ3) is 5.57. The Morgan fingerprint density at radius 2 is 1.10 bits per heavy atom. The molecule has 1 nitrogen and oxygen atoms in total. The highest BCUT2D eigenvalue weighted by atomic mass is 31.1. The molecule has 1 aromatic carbocycles. The van der Waals surface area contributed by atoms with Gasteiger partial charge in [0.05, 0.1) is 24.5 Å². The van der Waals surface area contributed by atoms with Crippen molar-refractivity contribution in [3.63, 3.8) is 0 Å². The van der Waals surface area contributed by atoms with Crippen molar-refractivity contribution in [2.45, 2.75) is 31.1 Å². The first-order valence-corrected chi connectivity index (χ1v) is 8.75. The molecule has 166 valence electrons. The van der Waals surface area contributed by atoms with Crippen LogP contribution in [0, 0.1) is 0 Å². The van der Waals surface area contributed by atoms with Crippen molar-refractivity contribution in [2.24, 2.45) is 0 Å². The number of alkyl halides is 12. The molecule has 0 bridgehead atoms. The van der Waals surface area contributed by atoms with Crippen molar-refractivity contribution < 1.29 is 57.6 Å². The molecule has 0 fully saturated rings. The summed E-state index contributed by atoms with van der Waals surface area (Å²) in [6.45, 7) is 0. The van der Waals surface area contributed by atoms with Gasteiger partial charge in [-0.3, -0.25) is 0 Å². The molecule has 30 heavy (non-hydrogen) atoms. The zero-order valence-corrected chi connectivity index (χ0v) is 14.9. The monoisotopic (exact) mass is 474 g/mol. The minimum absolute atomic E-state index is 0.00632. The Morgan fingerprint density at radius 1 is 0.633 bits per heavy atom. The minimum atomic E-state index is -5.34. The molecule has 0 aromatic heterocycles. The maximum absolute atomic E-state index is 12.9. The lowest BCUT2D eigenvalue weighted by molar-refractivity contribution is -0.149. The largest absolute Gasteiger partial charge is 0.626 e. The molecule has 0 amide bonds. The Morgan fingerprint density at radius 3 is 1.47 bits per heavy atom. The maximum Gasteiger partial charge on any atom is 0.416 e. The lowest BCUT2D eigenvalue weighted by atomic mass is 9.98. The van der Waals surface area contributed by atoms with Gasteiger partial charge in [0.1, 0.15) is 10.6 Å². The van der Waals surface area contributed by atoms with Crippen molar-refractivity contribution >= 4 is 18.4 Å². The molecule has 2 rings (SSSR count). The molecule has 0 saturated carbocycles. The van der Waals surface area contributed by atoms with E-state index in [9.17, 15) is 57.6 Å². The van der Waals surface area contributed by atoms with Gasteiger partial charge >= 0.3 is 24.7 Å². The summed E-state index contributed by atoms with van der Waals surface area (Å²) < 4.78 is 155. The Labute approximate surface area is 160 Å². The van der Waals surface area contributed by atoms with Crippen molar-refractivity contribution in [1.82, 2.24) is 0 Å². The Hall–Kier alpha value is -2.01. The van der Waals surface area contributed by atoms with E-state index in [-0.39, 0.29) is 30.4 Å². The van der Waals surface area contributed by atoms with Gasteiger partial charge in [-0.1, -0.05) is 0 Å². The van der Waals surface area contributed by atoms with E-state index in [1.54, 1.807) is 0 Å². The maximum atomic E-state index is 12.9. The second-order valence-corrected chi connectivity index (χ2v) is 7.67. The molecule has 0 radical (unpaired) electrons. The summed E-state index contributed by atoms with van der Waals surface area (Å²) in [5.41, 5.74) is -7.49. The first-order valence-electron chi connectivity index (χ1n) is 7.49. The van der Waals surface area contributed by atoms with Gasteiger partial charge in [-0.15, -0.1) is 0 Å². The predicted octanol–water partition coefficient (Wildman–Crippen LogP) is 5.66. The van der Waals surface area contributed by atoms with Crippen LogP contribution in [0.2, 0.25) is 0 Å². The highest BCUT2D eigenvalue weighted by molar-refractivity contribution is 7.60. The van der Waals surface area contributed by atoms with Crippen molar-refractivity contribution in [3.05, 3.63) is 52.6 Å². The predicted molar refractivity (Wildman–Crippen MR) is 80.9 cm³/mol. The van der Waals surface area contributed by atoms with Gasteiger partial charge in [0, 0.05) is 12.0 Å². The van der Waals surface area contributed by atoms with Gasteiger partial charge in [0.15, 0.2) is 0 Å². The molecular formula is C16H7F12OP. The first kappa shape index (κ1) is 24.3. The van der Waals surface area contributed by atoms with E-state index in [0.29, 0.717) is 0 Å². The van der Waals surface area contributed by atoms with Crippen LogP contribution < -0.4 is 10.2 Å². The van der Waals surface area contributed by atoms with Crippen LogP contribution in [0.15, 0.2) is 41.5 Å². The summed E-state index contributed by atoms with van der Waals surface area (Å²) >= 11 is 0. The summed E-state index contributed by atoms with van der Waals surface area (Å²) in [6.07, 6.45) is -22.9. The average molecular weight is 474 g/mol. The smallest absolute Gasteiger partial charge is 0.416 e. The van der Waals surface area contributed by atoms with Gasteiger partial charge in [-0.05, 0) is 30.4 Å². The molecule has 0 spiro atoms. The molecule has 1 aliphatic rings. The third-order valence-corrected chi connectivity index (χ3v) is 5.32. The number of halogens is 12. The number of rotatable bonds is 1. The van der Waals surface area contributed by atoms with Crippen LogP contribution in [-0.4, -0.2) is 17.6 Å². The molecule has 0 N–H and O–H groups in total. The molecule has 1 aromatic rings. The molecule has 1 atom stereocenters. The van der Waals surface area contributed by atoms with Crippen LogP contribution in [0.5, 0.6) is 0 Å². The minimum Gasteiger partial charge on any atom is -0.626 e. The second kappa shape index (κ2) is 7.60. The van der Waals surface area contributed by atoms with E-state index >= 15 is 0 Å². The summed E-state index contributed by atoms with van der Waals surface area (Å²) in [5, 5.41) is -2.32. The summed E-state index contributed by atoms with van der Waals surface area (Å²) in [7, 11) is -3.62. The molecule has 1 unspecified atom stereocenters. The lowest BCUT2D eigenvalue weighted by Crippen LogP contribution is -2.25. The molecule has 1 aliphatic carbocycles. The summed E-state index contributed by atoms with van der Waals surface area (Å²) in [4.78, 5) is 12.5. The standard InChI is InChI=1S/C16H7F12OP/c17-13(18,19)7-1-8(14(20,21)22)4-11(3-7)30(29)12-5-9(15(23,24)25)2-10(6-12)16(26,27)28/h1-5H,6H2. The quantitative estimate of drug-likeness (QED) is 0.381. The van der Waals surface area contributed by atoms with Gasteiger partial charge in [-0.2, -0.15) is 52.7 Å². The van der Waals surface area contributed by atoms with Gasteiger partial charge in [0.25, 0.3) is 0 Å². The highest BCUT2D eigenvalue weighted by Crippen LogP contribution is 2.40. The zero-order chi connectivity index (χ0) is 23.3. The normalized spacial score (nSPS) is 18.2. The topological polar surface area (TPSA) is 23.1 Å². The van der Waals surface area contributed by atoms with E-state index in [1.807, 2.05) is 0 Å². The van der Waals surface area contributed by atoms with E-state index in [2.05, 4.69) is 0 Å². The van der Waals surface area contributed by atoms with Crippen LogP contribution in [0.25, 0.3) is 0 Å². The van der Waals surface area contributed by atoms with Gasteiger partial charge < -0.3 is 4.89 Å². The van der Waals surface area contributed by atoms with E-state index in [0.717, 1.165) is 0 Å². The Balaban J connectivity index is 2.74. The molecule has 14 heteroatoms. The summed E-state index contributed by atoms with van der Waals surface area (Å²) in [5.74, 6) is 0. The molecular weight excluding hydrogens is 467 g/mol. The number of allylic oxidation sites excluding steroid dienone is 4. The first-order chi connectivity index (χ1) is 13.3. The zero-order valence-electron chi connectivity index (χ0n) is 14.0. The SMILES string of the molecule is [O-][P+](=C1C=C(C(F)(F)F)C=C(C(F)(F)F)C1)c1cc(C(F)(F)F)cc(C(F)(F)F)c1. The van der Waals surface area contributed by atoms with Crippen LogP contribution in [0.4, 0.5) is 52.7 Å².